The van der Waals surface area contributed by atoms with Crippen molar-refractivity contribution in [3.8, 4) is 0 Å². The molecule has 0 saturated carbocycles. The van der Waals surface area contributed by atoms with Crippen molar-refractivity contribution >= 4 is 35.8 Å². The maximum atomic E-state index is 11.9. The molecule has 0 atom stereocenters. The van der Waals surface area contributed by atoms with Crippen molar-refractivity contribution in [3.63, 3.8) is 0 Å². The quantitative estimate of drug-likeness (QED) is 0.180. The molecule has 8 heteroatoms. The third kappa shape index (κ3) is 11.9. The van der Waals surface area contributed by atoms with E-state index in [4.69, 9.17) is 9.15 Å². The smallest absolute Gasteiger partial charge is 0.287 e. The molecule has 0 aromatic carbocycles. The molecule has 0 unspecified atom stereocenters. The third-order valence-electron chi connectivity index (χ3n) is 3.68. The minimum absolute atomic E-state index is 0. The molecule has 0 radical (unpaired) electrons. The van der Waals surface area contributed by atoms with Gasteiger partial charge in [-0.1, -0.05) is 13.8 Å². The zero-order valence-corrected chi connectivity index (χ0v) is 19.3. The van der Waals surface area contributed by atoms with Crippen LogP contribution in [0.25, 0.3) is 0 Å². The minimum atomic E-state index is -0.181. The summed E-state index contributed by atoms with van der Waals surface area (Å²) < 4.78 is 10.8. The summed E-state index contributed by atoms with van der Waals surface area (Å²) in [5, 5.41) is 9.30. The van der Waals surface area contributed by atoms with Gasteiger partial charge in [0.25, 0.3) is 5.91 Å². The van der Waals surface area contributed by atoms with E-state index in [1.807, 2.05) is 13.8 Å². The molecule has 0 spiro atoms. The fourth-order valence-electron chi connectivity index (χ4n) is 2.16. The summed E-state index contributed by atoms with van der Waals surface area (Å²) in [5.74, 6) is 1.63. The summed E-state index contributed by atoms with van der Waals surface area (Å²) in [4.78, 5) is 16.4. The normalized spacial score (nSPS) is 11.2. The number of carbonyl (C=O) groups excluding carboxylic acids is 1. The molecule has 0 bridgehead atoms. The number of furan rings is 1. The highest BCUT2D eigenvalue weighted by molar-refractivity contribution is 14.0. The second kappa shape index (κ2) is 15.7. The molecule has 0 aliphatic heterocycles. The van der Waals surface area contributed by atoms with Crippen LogP contribution >= 0.6 is 24.0 Å². The molecule has 1 aromatic rings. The predicted octanol–water partition coefficient (Wildman–Crippen LogP) is 2.94. The van der Waals surface area contributed by atoms with Gasteiger partial charge in [-0.25, -0.2) is 0 Å². The van der Waals surface area contributed by atoms with Gasteiger partial charge in [0, 0.05) is 38.3 Å². The van der Waals surface area contributed by atoms with Crippen LogP contribution in [0.4, 0.5) is 0 Å². The second-order valence-electron chi connectivity index (χ2n) is 6.52. The van der Waals surface area contributed by atoms with Crippen LogP contribution in [-0.4, -0.2) is 51.3 Å². The standard InChI is InChI=1S/C19H34N4O3.HI/c1-5-20-19(23-11-14-25-12-7-15(2)3)22-10-6-9-21-18(24)17-16(4)8-13-26-17;/h8,13,15H,5-7,9-12,14H2,1-4H3,(H,21,24)(H2,20,22,23);1H. The Labute approximate surface area is 180 Å². The number of halogens is 1. The van der Waals surface area contributed by atoms with Crippen LogP contribution in [0.1, 0.15) is 49.7 Å². The van der Waals surface area contributed by atoms with Gasteiger partial charge in [-0.15, -0.1) is 24.0 Å². The van der Waals surface area contributed by atoms with Gasteiger partial charge in [-0.3, -0.25) is 9.79 Å². The lowest BCUT2D eigenvalue weighted by atomic mass is 10.1. The highest BCUT2D eigenvalue weighted by Gasteiger charge is 2.11. The Bertz CT molecular complexity index is 547. The van der Waals surface area contributed by atoms with E-state index in [0.29, 0.717) is 31.4 Å². The Balaban J connectivity index is 0.00000676. The molecule has 3 N–H and O–H groups in total. The zero-order chi connectivity index (χ0) is 19.2. The second-order valence-corrected chi connectivity index (χ2v) is 6.52. The summed E-state index contributed by atoms with van der Waals surface area (Å²) in [6, 6.07) is 1.78. The van der Waals surface area contributed by atoms with Gasteiger partial charge in [-0.05, 0) is 38.7 Å². The number of aliphatic imine (C=N–C) groups is 1. The predicted molar refractivity (Wildman–Crippen MR) is 120 cm³/mol. The molecule has 7 nitrogen and oxygen atoms in total. The zero-order valence-electron chi connectivity index (χ0n) is 17.0. The van der Waals surface area contributed by atoms with E-state index in [0.717, 1.165) is 44.1 Å². The molecule has 1 rings (SSSR count). The summed E-state index contributed by atoms with van der Waals surface area (Å²) in [5.41, 5.74) is 0.842. The molecule has 1 aromatic heterocycles. The van der Waals surface area contributed by atoms with Crippen LogP contribution in [0, 0.1) is 12.8 Å². The summed E-state index contributed by atoms with van der Waals surface area (Å²) in [6.45, 7) is 12.4. The summed E-state index contributed by atoms with van der Waals surface area (Å²) in [6.07, 6.45) is 3.36. The topological polar surface area (TPSA) is 87.9 Å². The Morgan fingerprint density at radius 3 is 2.63 bits per heavy atom. The van der Waals surface area contributed by atoms with Gasteiger partial charge < -0.3 is 25.1 Å². The van der Waals surface area contributed by atoms with Gasteiger partial charge >= 0.3 is 0 Å². The van der Waals surface area contributed by atoms with Crippen LogP contribution < -0.4 is 16.0 Å². The molecule has 0 fully saturated rings. The lowest BCUT2D eigenvalue weighted by Crippen LogP contribution is -2.39. The van der Waals surface area contributed by atoms with Gasteiger partial charge in [0.05, 0.1) is 12.9 Å². The maximum Gasteiger partial charge on any atom is 0.287 e. The highest BCUT2D eigenvalue weighted by atomic mass is 127. The third-order valence-corrected chi connectivity index (χ3v) is 3.68. The molecular formula is C19H35IN4O3. The number of amides is 1. The summed E-state index contributed by atoms with van der Waals surface area (Å²) in [7, 11) is 0. The lowest BCUT2D eigenvalue weighted by Gasteiger charge is -2.12. The van der Waals surface area contributed by atoms with Crippen LogP contribution in [0.5, 0.6) is 0 Å². The molecule has 156 valence electrons. The van der Waals surface area contributed by atoms with Crippen molar-refractivity contribution in [2.45, 2.75) is 40.5 Å². The van der Waals surface area contributed by atoms with Crippen LogP contribution in [0.3, 0.4) is 0 Å². The largest absolute Gasteiger partial charge is 0.459 e. The first-order chi connectivity index (χ1) is 12.5. The number of carbonyl (C=O) groups is 1. The van der Waals surface area contributed by atoms with Crippen molar-refractivity contribution in [1.29, 1.82) is 0 Å². The number of nitrogens with zero attached hydrogens (tertiary/aromatic N) is 1. The fourth-order valence-corrected chi connectivity index (χ4v) is 2.16. The fraction of sp³-hybridized carbons (Fsp3) is 0.684. The van der Waals surface area contributed by atoms with E-state index >= 15 is 0 Å². The first kappa shape index (κ1) is 25.7. The number of hydrogen-bond acceptors (Lipinski definition) is 4. The van der Waals surface area contributed by atoms with Crippen molar-refractivity contribution in [2.24, 2.45) is 10.9 Å². The molecule has 1 amide bonds. The monoisotopic (exact) mass is 494 g/mol. The minimum Gasteiger partial charge on any atom is -0.459 e. The average molecular weight is 494 g/mol. The lowest BCUT2D eigenvalue weighted by molar-refractivity contribution is 0.0925. The SMILES string of the molecule is CCNC(=NCCCNC(=O)c1occc1C)NCCOCCC(C)C.I. The molecule has 0 aliphatic rings. The van der Waals surface area contributed by atoms with Crippen LogP contribution in [0.15, 0.2) is 21.7 Å². The Hall–Kier alpha value is -1.29. The highest BCUT2D eigenvalue weighted by Crippen LogP contribution is 2.07. The first-order valence-corrected chi connectivity index (χ1v) is 9.46. The Kier molecular flexibility index (Phi) is 15.0. The molecule has 1 heterocycles. The van der Waals surface area contributed by atoms with Crippen LogP contribution in [0.2, 0.25) is 0 Å². The van der Waals surface area contributed by atoms with E-state index in [1.54, 1.807) is 6.07 Å². The Morgan fingerprint density at radius 1 is 1.22 bits per heavy atom. The van der Waals surface area contributed by atoms with Gasteiger partial charge in [-0.2, -0.15) is 0 Å². The van der Waals surface area contributed by atoms with E-state index in [-0.39, 0.29) is 29.9 Å². The van der Waals surface area contributed by atoms with Crippen molar-refractivity contribution in [3.05, 3.63) is 23.7 Å². The maximum absolute atomic E-state index is 11.9. The average Bonchev–Trinajstić information content (AvgIpc) is 3.03. The summed E-state index contributed by atoms with van der Waals surface area (Å²) >= 11 is 0. The number of nitrogens with one attached hydrogen (secondary N) is 3. The van der Waals surface area contributed by atoms with Crippen molar-refractivity contribution < 1.29 is 13.9 Å². The molecule has 0 saturated heterocycles. The van der Waals surface area contributed by atoms with Crippen molar-refractivity contribution in [1.82, 2.24) is 16.0 Å². The molecular weight excluding hydrogens is 459 g/mol. The van der Waals surface area contributed by atoms with E-state index < -0.39 is 0 Å². The van der Waals surface area contributed by atoms with Gasteiger partial charge in [0.1, 0.15) is 0 Å². The number of rotatable bonds is 12. The molecule has 27 heavy (non-hydrogen) atoms. The van der Waals surface area contributed by atoms with E-state index in [9.17, 15) is 4.79 Å². The number of guanidine groups is 1. The van der Waals surface area contributed by atoms with Crippen molar-refractivity contribution in [2.75, 3.05) is 39.4 Å². The van der Waals surface area contributed by atoms with Gasteiger partial charge in [0.2, 0.25) is 0 Å². The number of aryl methyl sites for hydroxylation is 1. The van der Waals surface area contributed by atoms with E-state index in [1.165, 1.54) is 6.26 Å². The van der Waals surface area contributed by atoms with E-state index in [2.05, 4.69) is 34.8 Å². The Morgan fingerprint density at radius 2 is 2.00 bits per heavy atom. The van der Waals surface area contributed by atoms with Crippen LogP contribution in [-0.2, 0) is 4.74 Å². The van der Waals surface area contributed by atoms with Gasteiger partial charge in [0.15, 0.2) is 11.7 Å². The number of hydrogen-bond donors (Lipinski definition) is 3. The molecule has 0 aliphatic carbocycles. The first-order valence-electron chi connectivity index (χ1n) is 9.46. The number of ether oxygens (including phenoxy) is 1.